The van der Waals surface area contributed by atoms with Crippen LogP contribution in [0, 0.1) is 0 Å². The molecule has 2 fully saturated rings. The normalized spacial score (nSPS) is 23.2. The summed E-state index contributed by atoms with van der Waals surface area (Å²) in [6, 6.07) is 1.54. The lowest BCUT2D eigenvalue weighted by Crippen LogP contribution is -2.48. The molecule has 0 aliphatic carbocycles. The lowest BCUT2D eigenvalue weighted by molar-refractivity contribution is 0.0756. The van der Waals surface area contributed by atoms with Crippen LogP contribution in [-0.4, -0.2) is 53.0 Å². The predicted octanol–water partition coefficient (Wildman–Crippen LogP) is 4.32. The molecule has 3 rings (SSSR count). The summed E-state index contributed by atoms with van der Waals surface area (Å²) in [5, 5.41) is 1.31. The second-order valence-corrected chi connectivity index (χ2v) is 9.02. The summed E-state index contributed by atoms with van der Waals surface area (Å²) in [7, 11) is 0. The van der Waals surface area contributed by atoms with Crippen molar-refractivity contribution >= 4 is 11.3 Å². The number of hydrogen-bond acceptors (Lipinski definition) is 4. The van der Waals surface area contributed by atoms with Gasteiger partial charge in [-0.3, -0.25) is 0 Å². The van der Waals surface area contributed by atoms with Gasteiger partial charge in [0.05, 0.1) is 5.01 Å². The first-order chi connectivity index (χ1) is 11.0. The molecule has 0 N–H and O–H groups in total. The van der Waals surface area contributed by atoms with Gasteiger partial charge in [-0.1, -0.05) is 13.8 Å². The second-order valence-electron chi connectivity index (χ2n) is 7.93. The van der Waals surface area contributed by atoms with E-state index in [4.69, 9.17) is 0 Å². The van der Waals surface area contributed by atoms with Crippen LogP contribution in [0.2, 0.25) is 0 Å². The van der Waals surface area contributed by atoms with Gasteiger partial charge in [-0.15, -0.1) is 11.3 Å². The molecule has 2 aliphatic heterocycles. The average Bonchev–Trinajstić information content (AvgIpc) is 3.05. The van der Waals surface area contributed by atoms with E-state index in [1.807, 2.05) is 11.3 Å². The molecule has 1 aromatic rings. The summed E-state index contributed by atoms with van der Waals surface area (Å²) in [6.07, 6.45) is 7.53. The first-order valence-electron chi connectivity index (χ1n) is 9.48. The van der Waals surface area contributed by atoms with Gasteiger partial charge in [0.2, 0.25) is 0 Å². The second kappa shape index (κ2) is 7.62. The monoisotopic (exact) mass is 335 g/mol. The average molecular weight is 336 g/mol. The van der Waals surface area contributed by atoms with Crippen molar-refractivity contribution in [2.75, 3.05) is 26.2 Å². The standard InChI is InChI=1S/C19H33N3S/c1-14(2)19-20-13-18(23-19)16-5-9-22(10-6-16)17-7-11-21(12-8-17)15(3)4/h13-17H,5-12H2,1-4H3. The Kier molecular flexibility index (Phi) is 5.76. The third kappa shape index (κ3) is 4.15. The van der Waals surface area contributed by atoms with Gasteiger partial charge in [0.15, 0.2) is 0 Å². The molecule has 130 valence electrons. The maximum Gasteiger partial charge on any atom is 0.0953 e. The predicted molar refractivity (Wildman–Crippen MR) is 99.5 cm³/mol. The van der Waals surface area contributed by atoms with Gasteiger partial charge >= 0.3 is 0 Å². The molecule has 1 aromatic heterocycles. The highest BCUT2D eigenvalue weighted by molar-refractivity contribution is 7.11. The van der Waals surface area contributed by atoms with Crippen LogP contribution in [0.15, 0.2) is 6.20 Å². The van der Waals surface area contributed by atoms with E-state index in [9.17, 15) is 0 Å². The lowest BCUT2D eigenvalue weighted by atomic mass is 9.92. The van der Waals surface area contributed by atoms with E-state index in [1.165, 1.54) is 61.7 Å². The number of aromatic nitrogens is 1. The number of rotatable bonds is 4. The third-order valence-electron chi connectivity index (χ3n) is 5.71. The van der Waals surface area contributed by atoms with Gasteiger partial charge in [0.25, 0.3) is 0 Å². The fraction of sp³-hybridized carbons (Fsp3) is 0.842. The third-order valence-corrected chi connectivity index (χ3v) is 7.17. The minimum absolute atomic E-state index is 0.569. The van der Waals surface area contributed by atoms with Crippen LogP contribution >= 0.6 is 11.3 Å². The first kappa shape index (κ1) is 17.4. The molecule has 2 saturated heterocycles. The van der Waals surface area contributed by atoms with Crippen LogP contribution in [0.3, 0.4) is 0 Å². The highest BCUT2D eigenvalue weighted by Crippen LogP contribution is 2.35. The summed E-state index contributed by atoms with van der Waals surface area (Å²) < 4.78 is 0. The molecular weight excluding hydrogens is 302 g/mol. The van der Waals surface area contributed by atoms with Crippen LogP contribution in [-0.2, 0) is 0 Å². The smallest absolute Gasteiger partial charge is 0.0953 e. The fourth-order valence-electron chi connectivity index (χ4n) is 4.07. The first-order valence-corrected chi connectivity index (χ1v) is 10.3. The van der Waals surface area contributed by atoms with Gasteiger partial charge in [-0.25, -0.2) is 4.98 Å². The minimum atomic E-state index is 0.569. The molecule has 0 unspecified atom stereocenters. The van der Waals surface area contributed by atoms with Gasteiger partial charge in [-0.2, -0.15) is 0 Å². The minimum Gasteiger partial charge on any atom is -0.301 e. The molecule has 0 amide bonds. The number of thiazole rings is 1. The summed E-state index contributed by atoms with van der Waals surface area (Å²) in [5.41, 5.74) is 0. The molecule has 23 heavy (non-hydrogen) atoms. The van der Waals surface area contributed by atoms with Crippen molar-refractivity contribution in [3.05, 3.63) is 16.1 Å². The Balaban J connectivity index is 1.49. The summed E-state index contributed by atoms with van der Waals surface area (Å²) in [6.45, 7) is 14.3. The molecular formula is C19H33N3S. The van der Waals surface area contributed by atoms with Crippen LogP contribution < -0.4 is 0 Å². The van der Waals surface area contributed by atoms with E-state index in [0.29, 0.717) is 12.0 Å². The van der Waals surface area contributed by atoms with Crippen molar-refractivity contribution in [2.45, 2.75) is 77.3 Å². The van der Waals surface area contributed by atoms with Crippen molar-refractivity contribution in [2.24, 2.45) is 0 Å². The van der Waals surface area contributed by atoms with Crippen LogP contribution in [0.25, 0.3) is 0 Å². The summed E-state index contributed by atoms with van der Waals surface area (Å²) >= 11 is 1.95. The Hall–Kier alpha value is -0.450. The SMILES string of the molecule is CC(C)c1ncc(C2CCN(C3CCN(C(C)C)CC3)CC2)s1. The topological polar surface area (TPSA) is 19.4 Å². The van der Waals surface area contributed by atoms with E-state index in [2.05, 4.69) is 48.7 Å². The van der Waals surface area contributed by atoms with Gasteiger partial charge in [0.1, 0.15) is 0 Å². The maximum absolute atomic E-state index is 4.62. The van der Waals surface area contributed by atoms with E-state index in [1.54, 1.807) is 0 Å². The molecule has 0 aromatic carbocycles. The van der Waals surface area contributed by atoms with Crippen molar-refractivity contribution in [1.82, 2.24) is 14.8 Å². The molecule has 4 heteroatoms. The van der Waals surface area contributed by atoms with Crippen LogP contribution in [0.1, 0.15) is 75.1 Å². The zero-order valence-electron chi connectivity index (χ0n) is 15.3. The van der Waals surface area contributed by atoms with Crippen LogP contribution in [0.4, 0.5) is 0 Å². The molecule has 0 spiro atoms. The number of piperidine rings is 2. The fourth-order valence-corrected chi connectivity index (χ4v) is 5.16. The molecule has 3 heterocycles. The van der Waals surface area contributed by atoms with Crippen molar-refractivity contribution < 1.29 is 0 Å². The van der Waals surface area contributed by atoms with E-state index in [0.717, 1.165) is 12.0 Å². The Morgan fingerprint density at radius 3 is 2.17 bits per heavy atom. The Labute approximate surface area is 146 Å². The highest BCUT2D eigenvalue weighted by Gasteiger charge is 2.29. The Bertz CT molecular complexity index is 481. The maximum atomic E-state index is 4.62. The van der Waals surface area contributed by atoms with Gasteiger partial charge in [0, 0.05) is 29.1 Å². The summed E-state index contributed by atoms with van der Waals surface area (Å²) in [4.78, 5) is 11.6. The quantitative estimate of drug-likeness (QED) is 0.817. The molecule has 0 saturated carbocycles. The Morgan fingerprint density at radius 2 is 1.65 bits per heavy atom. The number of nitrogens with zero attached hydrogens (tertiary/aromatic N) is 3. The van der Waals surface area contributed by atoms with Crippen molar-refractivity contribution in [3.63, 3.8) is 0 Å². The molecule has 3 nitrogen and oxygen atoms in total. The summed E-state index contributed by atoms with van der Waals surface area (Å²) in [5.74, 6) is 1.33. The van der Waals surface area contributed by atoms with E-state index < -0.39 is 0 Å². The lowest BCUT2D eigenvalue weighted by Gasteiger charge is -2.42. The highest BCUT2D eigenvalue weighted by atomic mass is 32.1. The molecule has 0 atom stereocenters. The van der Waals surface area contributed by atoms with E-state index in [-0.39, 0.29) is 0 Å². The zero-order chi connectivity index (χ0) is 16.4. The van der Waals surface area contributed by atoms with Gasteiger partial charge in [-0.05, 0) is 71.6 Å². The van der Waals surface area contributed by atoms with E-state index >= 15 is 0 Å². The largest absolute Gasteiger partial charge is 0.301 e. The molecule has 2 aliphatic rings. The van der Waals surface area contributed by atoms with Gasteiger partial charge < -0.3 is 9.80 Å². The number of hydrogen-bond donors (Lipinski definition) is 0. The number of likely N-dealkylation sites (tertiary alicyclic amines) is 2. The molecule has 0 radical (unpaired) electrons. The van der Waals surface area contributed by atoms with Crippen LogP contribution in [0.5, 0.6) is 0 Å². The molecule has 0 bridgehead atoms. The zero-order valence-corrected chi connectivity index (χ0v) is 16.1. The Morgan fingerprint density at radius 1 is 1.00 bits per heavy atom. The van der Waals surface area contributed by atoms with Crippen molar-refractivity contribution in [1.29, 1.82) is 0 Å². The van der Waals surface area contributed by atoms with Crippen molar-refractivity contribution in [3.8, 4) is 0 Å².